The molecule has 0 aliphatic carbocycles. The fraction of sp³-hybridized carbons (Fsp3) is 1.00. The monoisotopic (exact) mass is 214 g/mol. The number of nitrogens with one attached hydrogen (secondary N) is 1. The van der Waals surface area contributed by atoms with Crippen LogP contribution in [0.25, 0.3) is 0 Å². The zero-order valence-electron chi connectivity index (χ0n) is 9.17. The Bertz CT molecular complexity index is 169. The molecule has 0 aromatic rings. The Morgan fingerprint density at radius 2 is 1.93 bits per heavy atom. The molecule has 14 heavy (non-hydrogen) atoms. The van der Waals surface area contributed by atoms with Crippen LogP contribution in [0.2, 0.25) is 0 Å². The number of hydrazine groups is 1. The zero-order chi connectivity index (χ0) is 9.80. The van der Waals surface area contributed by atoms with Gasteiger partial charge in [-0.05, 0) is 31.4 Å². The maximum Gasteiger partial charge on any atom is 0.0331 e. The number of hydrogen-bond donors (Lipinski definition) is 1. The molecule has 2 atom stereocenters. The van der Waals surface area contributed by atoms with E-state index >= 15 is 0 Å². The lowest BCUT2D eigenvalue weighted by atomic mass is 10.1. The normalized spacial score (nSPS) is 35.8. The predicted molar refractivity (Wildman–Crippen MR) is 63.5 cm³/mol. The molecule has 2 fully saturated rings. The van der Waals surface area contributed by atoms with Crippen LogP contribution < -0.4 is 5.43 Å². The van der Waals surface area contributed by atoms with Gasteiger partial charge in [-0.25, -0.2) is 5.01 Å². The number of piperidine rings is 1. The minimum absolute atomic E-state index is 0.729. The van der Waals surface area contributed by atoms with Crippen LogP contribution in [0.1, 0.15) is 39.0 Å². The van der Waals surface area contributed by atoms with Crippen LogP contribution in [0, 0.1) is 0 Å². The molecule has 0 aromatic carbocycles. The van der Waals surface area contributed by atoms with Gasteiger partial charge in [0.2, 0.25) is 0 Å². The van der Waals surface area contributed by atoms with Gasteiger partial charge in [0, 0.05) is 24.4 Å². The van der Waals surface area contributed by atoms with Crippen molar-refractivity contribution >= 4 is 11.8 Å². The highest BCUT2D eigenvalue weighted by Crippen LogP contribution is 2.25. The van der Waals surface area contributed by atoms with Crippen LogP contribution >= 0.6 is 11.8 Å². The molecule has 2 saturated heterocycles. The quantitative estimate of drug-likeness (QED) is 0.759. The van der Waals surface area contributed by atoms with Gasteiger partial charge in [-0.15, -0.1) is 0 Å². The molecule has 2 unspecified atom stereocenters. The summed E-state index contributed by atoms with van der Waals surface area (Å²) in [6.07, 6.45) is 6.93. The summed E-state index contributed by atoms with van der Waals surface area (Å²) in [5.41, 5.74) is 3.72. The van der Waals surface area contributed by atoms with E-state index < -0.39 is 0 Å². The predicted octanol–water partition coefficient (Wildman–Crippen LogP) is 2.26. The van der Waals surface area contributed by atoms with Crippen molar-refractivity contribution in [2.24, 2.45) is 0 Å². The highest BCUT2D eigenvalue weighted by molar-refractivity contribution is 7.99. The van der Waals surface area contributed by atoms with Crippen LogP contribution in [0.4, 0.5) is 0 Å². The third kappa shape index (κ3) is 2.88. The van der Waals surface area contributed by atoms with Gasteiger partial charge in [-0.2, -0.15) is 11.8 Å². The van der Waals surface area contributed by atoms with Gasteiger partial charge in [-0.1, -0.05) is 13.3 Å². The number of nitrogens with zero attached hydrogens (tertiary/aromatic N) is 1. The lowest BCUT2D eigenvalue weighted by Gasteiger charge is -2.36. The van der Waals surface area contributed by atoms with Gasteiger partial charge >= 0.3 is 0 Å². The van der Waals surface area contributed by atoms with Crippen molar-refractivity contribution in [2.75, 3.05) is 18.8 Å². The molecule has 3 heteroatoms. The van der Waals surface area contributed by atoms with Crippen LogP contribution in [0.5, 0.6) is 0 Å². The van der Waals surface area contributed by atoms with Gasteiger partial charge in [-0.3, -0.25) is 5.43 Å². The Morgan fingerprint density at radius 1 is 1.14 bits per heavy atom. The first kappa shape index (κ1) is 10.8. The second-order valence-corrected chi connectivity index (χ2v) is 5.99. The summed E-state index contributed by atoms with van der Waals surface area (Å²) < 4.78 is 0. The third-order valence-electron chi connectivity index (χ3n) is 3.31. The molecule has 0 saturated carbocycles. The lowest BCUT2D eigenvalue weighted by molar-refractivity contribution is 0.124. The molecule has 2 aliphatic heterocycles. The molecule has 2 rings (SSSR count). The molecule has 0 amide bonds. The van der Waals surface area contributed by atoms with E-state index in [-0.39, 0.29) is 0 Å². The summed E-state index contributed by atoms with van der Waals surface area (Å²) in [4.78, 5) is 0. The van der Waals surface area contributed by atoms with E-state index in [1.807, 2.05) is 0 Å². The van der Waals surface area contributed by atoms with Crippen molar-refractivity contribution in [1.82, 2.24) is 10.4 Å². The average Bonchev–Trinajstić information content (AvgIpc) is 2.23. The fourth-order valence-corrected chi connectivity index (χ4v) is 3.48. The van der Waals surface area contributed by atoms with E-state index in [2.05, 4.69) is 29.1 Å². The summed E-state index contributed by atoms with van der Waals surface area (Å²) in [5, 5.41) is 3.25. The van der Waals surface area contributed by atoms with E-state index in [1.54, 1.807) is 0 Å². The van der Waals surface area contributed by atoms with Crippen molar-refractivity contribution in [3.63, 3.8) is 0 Å². The van der Waals surface area contributed by atoms with E-state index in [4.69, 9.17) is 0 Å². The second kappa shape index (κ2) is 5.38. The van der Waals surface area contributed by atoms with Crippen molar-refractivity contribution < 1.29 is 0 Å². The molecule has 2 nitrogen and oxygen atoms in total. The van der Waals surface area contributed by atoms with Gasteiger partial charge in [0.25, 0.3) is 0 Å². The fourth-order valence-electron chi connectivity index (χ4n) is 2.35. The van der Waals surface area contributed by atoms with Gasteiger partial charge in [0.15, 0.2) is 0 Å². The Balaban J connectivity index is 1.76. The first-order valence-electron chi connectivity index (χ1n) is 5.99. The zero-order valence-corrected chi connectivity index (χ0v) is 9.98. The van der Waals surface area contributed by atoms with Crippen molar-refractivity contribution in [3.8, 4) is 0 Å². The van der Waals surface area contributed by atoms with Crippen LogP contribution in [0.15, 0.2) is 0 Å². The van der Waals surface area contributed by atoms with E-state index in [0.717, 1.165) is 11.3 Å². The Hall–Kier alpha value is 0.270. The second-order valence-electron chi connectivity index (χ2n) is 4.50. The van der Waals surface area contributed by atoms with Crippen molar-refractivity contribution in [2.45, 2.75) is 50.3 Å². The molecule has 0 radical (unpaired) electrons. The van der Waals surface area contributed by atoms with Crippen molar-refractivity contribution in [1.29, 1.82) is 0 Å². The van der Waals surface area contributed by atoms with E-state index in [1.165, 1.54) is 50.9 Å². The topological polar surface area (TPSA) is 15.3 Å². The Kier molecular flexibility index (Phi) is 4.14. The number of rotatable bonds is 2. The Morgan fingerprint density at radius 3 is 2.64 bits per heavy atom. The lowest BCUT2D eigenvalue weighted by Crippen LogP contribution is -2.51. The minimum Gasteiger partial charge on any atom is -0.251 e. The standard InChI is InChI=1S/C11H22N2S/c1-10-11(6-5-9-14-10)12-13-7-3-2-4-8-13/h10-12H,2-9H2,1H3. The molecule has 0 aromatic heterocycles. The maximum atomic E-state index is 3.72. The number of thioether (sulfide) groups is 1. The molecule has 2 aliphatic rings. The largest absolute Gasteiger partial charge is 0.251 e. The molecule has 0 bridgehead atoms. The molecular formula is C11H22N2S. The summed E-state index contributed by atoms with van der Waals surface area (Å²) in [5.74, 6) is 1.36. The first-order chi connectivity index (χ1) is 6.86. The van der Waals surface area contributed by atoms with E-state index in [0.29, 0.717) is 0 Å². The van der Waals surface area contributed by atoms with E-state index in [9.17, 15) is 0 Å². The SMILES string of the molecule is CC1SCCCC1NN1CCCCC1. The average molecular weight is 214 g/mol. The Labute approximate surface area is 91.8 Å². The van der Waals surface area contributed by atoms with Gasteiger partial charge < -0.3 is 0 Å². The van der Waals surface area contributed by atoms with Crippen LogP contribution in [-0.4, -0.2) is 35.1 Å². The number of hydrogen-bond acceptors (Lipinski definition) is 3. The molecule has 1 N–H and O–H groups in total. The molecule has 2 heterocycles. The minimum atomic E-state index is 0.729. The molecule has 82 valence electrons. The highest BCUT2D eigenvalue weighted by Gasteiger charge is 2.23. The highest BCUT2D eigenvalue weighted by atomic mass is 32.2. The van der Waals surface area contributed by atoms with Crippen LogP contribution in [0.3, 0.4) is 0 Å². The maximum absolute atomic E-state index is 3.72. The van der Waals surface area contributed by atoms with Crippen molar-refractivity contribution in [3.05, 3.63) is 0 Å². The summed E-state index contributed by atoms with van der Waals surface area (Å²) >= 11 is 2.13. The summed E-state index contributed by atoms with van der Waals surface area (Å²) in [7, 11) is 0. The van der Waals surface area contributed by atoms with Crippen LogP contribution in [-0.2, 0) is 0 Å². The molecule has 0 spiro atoms. The first-order valence-corrected chi connectivity index (χ1v) is 7.04. The van der Waals surface area contributed by atoms with Gasteiger partial charge in [0.05, 0.1) is 0 Å². The third-order valence-corrected chi connectivity index (χ3v) is 4.69. The summed E-state index contributed by atoms with van der Waals surface area (Å²) in [6.45, 7) is 4.88. The summed E-state index contributed by atoms with van der Waals surface area (Å²) in [6, 6.07) is 0.729. The smallest absolute Gasteiger partial charge is 0.0331 e. The van der Waals surface area contributed by atoms with Gasteiger partial charge in [0.1, 0.15) is 0 Å². The molecular weight excluding hydrogens is 192 g/mol.